The van der Waals surface area contributed by atoms with Gasteiger partial charge in [0.15, 0.2) is 0 Å². The maximum Gasteiger partial charge on any atom is 0.394 e. The van der Waals surface area contributed by atoms with Gasteiger partial charge in [-0.15, -0.1) is 0 Å². The second kappa shape index (κ2) is 4.88. The zero-order chi connectivity index (χ0) is 12.2. The average Bonchev–Trinajstić information content (AvgIpc) is 2.15. The molecule has 0 radical (unpaired) electrons. The summed E-state index contributed by atoms with van der Waals surface area (Å²) in [5, 5.41) is 10.0. The molecule has 7 heteroatoms. The molecular weight excluding hydrogens is 234 g/mol. The van der Waals surface area contributed by atoms with Gasteiger partial charge in [0.2, 0.25) is 0 Å². The number of aromatic hydroxyl groups is 1. The average molecular weight is 243 g/mol. The Balaban J connectivity index is 0.000000221. The topological polar surface area (TPSA) is 108 Å². The number of hydrogen-bond donors (Lipinski definition) is 3. The van der Waals surface area contributed by atoms with Crippen LogP contribution in [0.1, 0.15) is 0 Å². The van der Waals surface area contributed by atoms with E-state index in [-0.39, 0.29) is 5.75 Å². The molecule has 0 unspecified atom stereocenters. The van der Waals surface area contributed by atoms with Gasteiger partial charge in [-0.05, 0) is 12.1 Å². The van der Waals surface area contributed by atoms with Crippen molar-refractivity contribution in [1.29, 1.82) is 0 Å². The Morgan fingerprint density at radius 1 is 1.12 bits per heavy atom. The van der Waals surface area contributed by atoms with Crippen LogP contribution in [0.25, 0.3) is 10.9 Å². The molecule has 1 aromatic carbocycles. The lowest BCUT2D eigenvalue weighted by Gasteiger charge is -1.95. The summed E-state index contributed by atoms with van der Waals surface area (Å²) >= 11 is 0. The number of fused-ring (bicyclic) bond motifs is 1. The van der Waals surface area contributed by atoms with Gasteiger partial charge < -0.3 is 5.11 Å². The molecule has 0 aliphatic rings. The van der Waals surface area contributed by atoms with E-state index in [4.69, 9.17) is 22.6 Å². The minimum absolute atomic E-state index is 0.212. The smallest absolute Gasteiger partial charge is 0.394 e. The first-order chi connectivity index (χ1) is 7.36. The first kappa shape index (κ1) is 12.4. The molecule has 1 aromatic heterocycles. The molecule has 0 saturated carbocycles. The molecule has 0 saturated heterocycles. The fourth-order valence-corrected chi connectivity index (χ4v) is 1.06. The van der Waals surface area contributed by atoms with Crippen LogP contribution < -0.4 is 0 Å². The predicted octanol–water partition coefficient (Wildman–Crippen LogP) is 1.29. The van der Waals surface area contributed by atoms with E-state index < -0.39 is 10.4 Å². The maximum absolute atomic E-state index is 9.07. The molecule has 0 bridgehead atoms. The van der Waals surface area contributed by atoms with Crippen LogP contribution in [0.5, 0.6) is 5.75 Å². The van der Waals surface area contributed by atoms with Crippen molar-refractivity contribution in [2.24, 2.45) is 0 Å². The van der Waals surface area contributed by atoms with Gasteiger partial charge in [0, 0.05) is 5.39 Å². The van der Waals surface area contributed by atoms with Crippen molar-refractivity contribution in [3.05, 3.63) is 36.5 Å². The highest BCUT2D eigenvalue weighted by molar-refractivity contribution is 7.79. The molecule has 2 aromatic rings. The summed E-state index contributed by atoms with van der Waals surface area (Å²) in [5.41, 5.74) is 0.908. The van der Waals surface area contributed by atoms with E-state index in [0.29, 0.717) is 0 Å². The van der Waals surface area contributed by atoms with Crippen molar-refractivity contribution in [1.82, 2.24) is 4.98 Å². The Labute approximate surface area is 91.8 Å². The van der Waals surface area contributed by atoms with E-state index in [0.717, 1.165) is 10.9 Å². The van der Waals surface area contributed by atoms with Crippen LogP contribution in [0, 0.1) is 0 Å². The molecule has 0 atom stereocenters. The summed E-state index contributed by atoms with van der Waals surface area (Å²) in [6.07, 6.45) is 1.45. The van der Waals surface area contributed by atoms with Crippen molar-refractivity contribution in [2.45, 2.75) is 0 Å². The zero-order valence-corrected chi connectivity index (χ0v) is 8.79. The maximum atomic E-state index is 9.07. The van der Waals surface area contributed by atoms with E-state index >= 15 is 0 Å². The standard InChI is InChI=1S/C9H7NO.H2O4S/c11-8-5-7-3-1-2-4-9(7)10-6-8;1-5(2,3)4/h1-6,11H;(H2,1,2,3,4). The van der Waals surface area contributed by atoms with Crippen molar-refractivity contribution < 1.29 is 22.6 Å². The van der Waals surface area contributed by atoms with Crippen LogP contribution in [0.2, 0.25) is 0 Å². The first-order valence-electron chi connectivity index (χ1n) is 4.10. The summed E-state index contributed by atoms with van der Waals surface area (Å²) in [4.78, 5) is 4.03. The quantitative estimate of drug-likeness (QED) is 0.602. The van der Waals surface area contributed by atoms with Crippen molar-refractivity contribution in [3.63, 3.8) is 0 Å². The van der Waals surface area contributed by atoms with Gasteiger partial charge >= 0.3 is 10.4 Å². The molecule has 3 N–H and O–H groups in total. The van der Waals surface area contributed by atoms with E-state index in [1.54, 1.807) is 6.07 Å². The lowest BCUT2D eigenvalue weighted by atomic mass is 10.2. The Morgan fingerprint density at radius 2 is 1.69 bits per heavy atom. The molecule has 6 nitrogen and oxygen atoms in total. The van der Waals surface area contributed by atoms with Crippen LogP contribution >= 0.6 is 0 Å². The normalized spacial score (nSPS) is 10.6. The Morgan fingerprint density at radius 3 is 2.31 bits per heavy atom. The molecule has 1 heterocycles. The Kier molecular flexibility index (Phi) is 3.78. The van der Waals surface area contributed by atoms with Crippen LogP contribution in [0.15, 0.2) is 36.5 Å². The van der Waals surface area contributed by atoms with Gasteiger partial charge in [0.25, 0.3) is 0 Å². The van der Waals surface area contributed by atoms with Gasteiger partial charge in [0.05, 0.1) is 11.7 Å². The highest BCUT2D eigenvalue weighted by Gasteiger charge is 1.92. The van der Waals surface area contributed by atoms with Gasteiger partial charge in [-0.1, -0.05) is 18.2 Å². The fraction of sp³-hybridized carbons (Fsp3) is 0. The first-order valence-corrected chi connectivity index (χ1v) is 5.49. The third-order valence-electron chi connectivity index (χ3n) is 1.58. The number of para-hydroxylation sites is 1. The molecule has 0 fully saturated rings. The number of hydrogen-bond acceptors (Lipinski definition) is 4. The second-order valence-corrected chi connectivity index (χ2v) is 3.73. The molecule has 86 valence electrons. The molecule has 0 aliphatic carbocycles. The monoisotopic (exact) mass is 243 g/mol. The lowest BCUT2D eigenvalue weighted by Crippen LogP contribution is -1.89. The molecule has 0 amide bonds. The minimum Gasteiger partial charge on any atom is -0.506 e. The van der Waals surface area contributed by atoms with Crippen molar-refractivity contribution in [3.8, 4) is 5.75 Å². The molecule has 2 rings (SSSR count). The Bertz CT molecular complexity index is 573. The number of aromatic nitrogens is 1. The lowest BCUT2D eigenvalue weighted by molar-refractivity contribution is 0.381. The van der Waals surface area contributed by atoms with E-state index in [9.17, 15) is 0 Å². The minimum atomic E-state index is -4.67. The van der Waals surface area contributed by atoms with Crippen LogP contribution in [0.4, 0.5) is 0 Å². The molecular formula is C9H9NO5S. The van der Waals surface area contributed by atoms with Crippen molar-refractivity contribution in [2.75, 3.05) is 0 Å². The second-order valence-electron chi connectivity index (χ2n) is 2.83. The molecule has 16 heavy (non-hydrogen) atoms. The van der Waals surface area contributed by atoms with Crippen LogP contribution in [-0.4, -0.2) is 27.6 Å². The molecule has 0 spiro atoms. The summed E-state index contributed by atoms with van der Waals surface area (Å²) in [5.74, 6) is 0.212. The van der Waals surface area contributed by atoms with Gasteiger partial charge in [-0.3, -0.25) is 14.1 Å². The number of nitrogens with zero attached hydrogens (tertiary/aromatic N) is 1. The summed E-state index contributed by atoms with van der Waals surface area (Å²) in [7, 11) is -4.67. The highest BCUT2D eigenvalue weighted by Crippen LogP contribution is 2.15. The van der Waals surface area contributed by atoms with Crippen molar-refractivity contribution >= 4 is 21.3 Å². The van der Waals surface area contributed by atoms with E-state index in [1.165, 1.54) is 6.20 Å². The highest BCUT2D eigenvalue weighted by atomic mass is 32.3. The SMILES string of the molecule is O=S(=O)(O)O.Oc1cnc2ccccc2c1. The largest absolute Gasteiger partial charge is 0.506 e. The van der Waals surface area contributed by atoms with Gasteiger partial charge in [-0.25, -0.2) is 0 Å². The third kappa shape index (κ3) is 4.69. The number of pyridine rings is 1. The number of benzene rings is 1. The molecule has 0 aliphatic heterocycles. The number of rotatable bonds is 0. The third-order valence-corrected chi connectivity index (χ3v) is 1.58. The summed E-state index contributed by atoms with van der Waals surface area (Å²) < 4.78 is 31.6. The van der Waals surface area contributed by atoms with Gasteiger partial charge in [0.1, 0.15) is 5.75 Å². The van der Waals surface area contributed by atoms with Crippen LogP contribution in [0.3, 0.4) is 0 Å². The fourth-order valence-electron chi connectivity index (χ4n) is 1.06. The van der Waals surface area contributed by atoms with Gasteiger partial charge in [-0.2, -0.15) is 8.42 Å². The predicted molar refractivity (Wildman–Crippen MR) is 57.6 cm³/mol. The van der Waals surface area contributed by atoms with E-state index in [2.05, 4.69) is 4.98 Å². The van der Waals surface area contributed by atoms with Crippen LogP contribution in [-0.2, 0) is 10.4 Å². The Hall–Kier alpha value is -1.70. The van der Waals surface area contributed by atoms with E-state index in [1.807, 2.05) is 24.3 Å². The summed E-state index contributed by atoms with van der Waals surface area (Å²) in [6.45, 7) is 0. The summed E-state index contributed by atoms with van der Waals surface area (Å²) in [6, 6.07) is 9.37. The zero-order valence-electron chi connectivity index (χ0n) is 7.98.